The van der Waals surface area contributed by atoms with E-state index in [9.17, 15) is 0 Å². The molecule has 0 bridgehead atoms. The van der Waals surface area contributed by atoms with Crippen LogP contribution in [0.15, 0.2) is 0 Å². The van der Waals surface area contributed by atoms with Gasteiger partial charge in [-0.3, -0.25) is 4.90 Å². The van der Waals surface area contributed by atoms with E-state index in [0.29, 0.717) is 0 Å². The Morgan fingerprint density at radius 3 is 2.60 bits per heavy atom. The van der Waals surface area contributed by atoms with Crippen molar-refractivity contribution in [1.82, 2.24) is 4.90 Å². The summed E-state index contributed by atoms with van der Waals surface area (Å²) in [7, 11) is 0. The Labute approximate surface area is 98.9 Å². The van der Waals surface area contributed by atoms with Gasteiger partial charge in [0.05, 0.1) is 6.61 Å². The molecule has 1 fully saturated rings. The first-order valence-corrected chi connectivity index (χ1v) is 6.79. The first-order valence-electron chi connectivity index (χ1n) is 6.26. The molecule has 0 aromatic rings. The first kappa shape index (κ1) is 13.3. The molecule has 0 radical (unpaired) electrons. The van der Waals surface area contributed by atoms with Crippen LogP contribution in [0.25, 0.3) is 0 Å². The largest absolute Gasteiger partial charge is 0.380 e. The fourth-order valence-electron chi connectivity index (χ4n) is 1.92. The van der Waals surface area contributed by atoms with Gasteiger partial charge >= 0.3 is 0 Å². The zero-order valence-corrected chi connectivity index (χ0v) is 10.6. The molecule has 0 N–H and O–H groups in total. The van der Waals surface area contributed by atoms with Gasteiger partial charge in [-0.2, -0.15) is 0 Å². The molecule has 0 amide bonds. The van der Waals surface area contributed by atoms with Crippen LogP contribution in [0, 0.1) is 0 Å². The summed E-state index contributed by atoms with van der Waals surface area (Å²) >= 11 is 5.74. The lowest BCUT2D eigenvalue weighted by Crippen LogP contribution is -2.42. The SMILES string of the molecule is CCCOCCN(CCCCl)C1CCC1. The van der Waals surface area contributed by atoms with Crippen LogP contribution in [-0.2, 0) is 4.74 Å². The molecule has 0 aromatic heterocycles. The molecule has 0 aromatic carbocycles. The molecule has 1 aliphatic rings. The van der Waals surface area contributed by atoms with E-state index >= 15 is 0 Å². The Morgan fingerprint density at radius 1 is 1.27 bits per heavy atom. The lowest BCUT2D eigenvalue weighted by atomic mass is 9.91. The van der Waals surface area contributed by atoms with Crippen LogP contribution in [-0.4, -0.2) is 43.1 Å². The van der Waals surface area contributed by atoms with Crippen molar-refractivity contribution in [1.29, 1.82) is 0 Å². The predicted molar refractivity (Wildman–Crippen MR) is 65.7 cm³/mol. The summed E-state index contributed by atoms with van der Waals surface area (Å²) in [6.45, 7) is 6.16. The van der Waals surface area contributed by atoms with E-state index in [4.69, 9.17) is 16.3 Å². The second kappa shape index (κ2) is 8.37. The topological polar surface area (TPSA) is 12.5 Å². The van der Waals surface area contributed by atoms with Gasteiger partial charge in [-0.1, -0.05) is 13.3 Å². The van der Waals surface area contributed by atoms with Crippen molar-refractivity contribution in [3.05, 3.63) is 0 Å². The molecule has 90 valence electrons. The molecule has 0 spiro atoms. The number of hydrogen-bond acceptors (Lipinski definition) is 2. The second-order valence-electron chi connectivity index (χ2n) is 4.28. The Balaban J connectivity index is 2.10. The van der Waals surface area contributed by atoms with E-state index in [1.54, 1.807) is 0 Å². The molecule has 1 aliphatic carbocycles. The third-order valence-electron chi connectivity index (χ3n) is 3.04. The Kier molecular flexibility index (Phi) is 7.41. The third-order valence-corrected chi connectivity index (χ3v) is 3.31. The smallest absolute Gasteiger partial charge is 0.0593 e. The highest BCUT2D eigenvalue weighted by Crippen LogP contribution is 2.24. The van der Waals surface area contributed by atoms with Crippen LogP contribution in [0.2, 0.25) is 0 Å². The molecular weight excluding hydrogens is 210 g/mol. The maximum atomic E-state index is 5.74. The molecule has 2 nitrogen and oxygen atoms in total. The van der Waals surface area contributed by atoms with E-state index < -0.39 is 0 Å². The number of nitrogens with zero attached hydrogens (tertiary/aromatic N) is 1. The summed E-state index contributed by atoms with van der Waals surface area (Å²) < 4.78 is 5.54. The standard InChI is InChI=1S/C12H24ClNO/c1-2-10-15-11-9-14(8-4-7-13)12-5-3-6-12/h12H,2-11H2,1H3. The number of alkyl halides is 1. The normalized spacial score (nSPS) is 17.0. The van der Waals surface area contributed by atoms with Gasteiger partial charge in [0.25, 0.3) is 0 Å². The van der Waals surface area contributed by atoms with Gasteiger partial charge < -0.3 is 4.74 Å². The van der Waals surface area contributed by atoms with Crippen LogP contribution in [0.4, 0.5) is 0 Å². The van der Waals surface area contributed by atoms with Crippen molar-refractivity contribution in [3.8, 4) is 0 Å². The monoisotopic (exact) mass is 233 g/mol. The zero-order chi connectivity index (χ0) is 10.9. The van der Waals surface area contributed by atoms with Gasteiger partial charge in [0.1, 0.15) is 0 Å². The fourth-order valence-corrected chi connectivity index (χ4v) is 2.04. The highest BCUT2D eigenvalue weighted by Gasteiger charge is 2.23. The zero-order valence-electron chi connectivity index (χ0n) is 9.88. The minimum Gasteiger partial charge on any atom is -0.380 e. The Bertz CT molecular complexity index is 151. The van der Waals surface area contributed by atoms with Crippen molar-refractivity contribution in [2.75, 3.05) is 32.2 Å². The summed E-state index contributed by atoms with van der Waals surface area (Å²) in [6.07, 6.45) is 6.36. The minimum atomic E-state index is 0.777. The number of hydrogen-bond donors (Lipinski definition) is 0. The molecule has 0 saturated heterocycles. The van der Waals surface area contributed by atoms with E-state index in [2.05, 4.69) is 11.8 Å². The van der Waals surface area contributed by atoms with Crippen LogP contribution >= 0.6 is 11.6 Å². The molecule has 0 atom stereocenters. The highest BCUT2D eigenvalue weighted by molar-refractivity contribution is 6.17. The summed E-state index contributed by atoms with van der Waals surface area (Å²) in [5.41, 5.74) is 0. The van der Waals surface area contributed by atoms with E-state index in [1.165, 1.54) is 19.3 Å². The maximum absolute atomic E-state index is 5.74. The summed E-state index contributed by atoms with van der Waals surface area (Å²) in [6, 6.07) is 0.818. The Morgan fingerprint density at radius 2 is 2.07 bits per heavy atom. The molecule has 0 heterocycles. The van der Waals surface area contributed by atoms with Crippen molar-refractivity contribution < 1.29 is 4.74 Å². The van der Waals surface area contributed by atoms with Gasteiger partial charge in [0, 0.05) is 25.1 Å². The predicted octanol–water partition coefficient (Wildman–Crippen LogP) is 2.90. The van der Waals surface area contributed by atoms with Crippen LogP contribution in [0.3, 0.4) is 0 Å². The first-order chi connectivity index (χ1) is 7.38. The molecule has 15 heavy (non-hydrogen) atoms. The van der Waals surface area contributed by atoms with E-state index in [-0.39, 0.29) is 0 Å². The number of ether oxygens (including phenoxy) is 1. The summed E-state index contributed by atoms with van der Waals surface area (Å²) in [4.78, 5) is 2.56. The lowest BCUT2D eigenvalue weighted by Gasteiger charge is -2.37. The molecule has 3 heteroatoms. The summed E-state index contributed by atoms with van der Waals surface area (Å²) in [5, 5.41) is 0. The van der Waals surface area contributed by atoms with E-state index in [1.807, 2.05) is 0 Å². The molecule has 0 aliphatic heterocycles. The maximum Gasteiger partial charge on any atom is 0.0593 e. The highest BCUT2D eigenvalue weighted by atomic mass is 35.5. The van der Waals surface area contributed by atoms with Gasteiger partial charge in [0.2, 0.25) is 0 Å². The van der Waals surface area contributed by atoms with Crippen molar-refractivity contribution in [2.45, 2.75) is 45.1 Å². The molecule has 1 rings (SSSR count). The molecule has 1 saturated carbocycles. The van der Waals surface area contributed by atoms with Gasteiger partial charge in [-0.25, -0.2) is 0 Å². The van der Waals surface area contributed by atoms with Crippen LogP contribution in [0.1, 0.15) is 39.0 Å². The average Bonchev–Trinajstić information content (AvgIpc) is 2.17. The fraction of sp³-hybridized carbons (Fsp3) is 1.00. The Hall–Kier alpha value is 0.210. The van der Waals surface area contributed by atoms with Gasteiger partial charge in [-0.05, 0) is 32.2 Å². The van der Waals surface area contributed by atoms with Crippen LogP contribution in [0.5, 0.6) is 0 Å². The molecule has 0 unspecified atom stereocenters. The van der Waals surface area contributed by atoms with Crippen LogP contribution < -0.4 is 0 Å². The second-order valence-corrected chi connectivity index (χ2v) is 4.65. The van der Waals surface area contributed by atoms with E-state index in [0.717, 1.165) is 51.1 Å². The lowest BCUT2D eigenvalue weighted by molar-refractivity contribution is 0.0646. The third kappa shape index (κ3) is 5.19. The average molecular weight is 234 g/mol. The summed E-state index contributed by atoms with van der Waals surface area (Å²) in [5.74, 6) is 0.777. The molecular formula is C12H24ClNO. The number of rotatable bonds is 9. The minimum absolute atomic E-state index is 0.777. The van der Waals surface area contributed by atoms with Crippen molar-refractivity contribution >= 4 is 11.6 Å². The quantitative estimate of drug-likeness (QED) is 0.449. The number of halogens is 1. The van der Waals surface area contributed by atoms with Gasteiger partial charge in [-0.15, -0.1) is 11.6 Å². The van der Waals surface area contributed by atoms with Gasteiger partial charge in [0.15, 0.2) is 0 Å². The van der Waals surface area contributed by atoms with Crippen molar-refractivity contribution in [3.63, 3.8) is 0 Å². The van der Waals surface area contributed by atoms with Crippen molar-refractivity contribution in [2.24, 2.45) is 0 Å².